The number of carbonyl (C=O) groups is 3. The maximum absolute atomic E-state index is 12.8. The van der Waals surface area contributed by atoms with Crippen molar-refractivity contribution in [2.24, 2.45) is 0 Å². The highest BCUT2D eigenvalue weighted by Crippen LogP contribution is 2.14. The summed E-state index contributed by atoms with van der Waals surface area (Å²) in [6.07, 6.45) is 74.3. The molecule has 362 valence electrons. The third kappa shape index (κ3) is 50.2. The summed E-state index contributed by atoms with van der Waals surface area (Å²) in [5.74, 6) is -1.12. The molecule has 0 amide bonds. The molecular formula is C59H90O6. The summed E-state index contributed by atoms with van der Waals surface area (Å²) >= 11 is 0. The molecule has 1 atom stereocenters. The Balaban J connectivity index is 4.50. The van der Waals surface area contributed by atoms with Gasteiger partial charge in [0.1, 0.15) is 13.2 Å². The third-order valence-electron chi connectivity index (χ3n) is 10.1. The van der Waals surface area contributed by atoms with E-state index in [0.717, 1.165) is 70.6 Å². The van der Waals surface area contributed by atoms with Gasteiger partial charge in [-0.25, -0.2) is 0 Å². The van der Waals surface area contributed by atoms with Gasteiger partial charge in [0.2, 0.25) is 0 Å². The minimum absolute atomic E-state index is 0.118. The average Bonchev–Trinajstić information content (AvgIpc) is 3.30. The molecule has 0 rings (SSSR count). The Kier molecular flexibility index (Phi) is 48.2. The highest BCUT2D eigenvalue weighted by molar-refractivity contribution is 5.72. The van der Waals surface area contributed by atoms with Crippen LogP contribution in [-0.2, 0) is 28.6 Å². The van der Waals surface area contributed by atoms with E-state index in [9.17, 15) is 14.4 Å². The summed E-state index contributed by atoms with van der Waals surface area (Å²) < 4.78 is 16.6. The molecule has 0 aromatic heterocycles. The number of allylic oxidation sites excluding steroid dienone is 23. The fraction of sp³-hybridized carbons (Fsp3) is 0.542. The predicted molar refractivity (Wildman–Crippen MR) is 279 cm³/mol. The van der Waals surface area contributed by atoms with E-state index < -0.39 is 12.1 Å². The molecule has 0 aromatic rings. The number of esters is 3. The first-order valence-corrected chi connectivity index (χ1v) is 25.5. The molecule has 0 aromatic carbocycles. The maximum atomic E-state index is 12.8. The summed E-state index contributed by atoms with van der Waals surface area (Å²) in [5, 5.41) is 0. The Morgan fingerprint density at radius 2 is 0.723 bits per heavy atom. The number of hydrogen-bond donors (Lipinski definition) is 0. The molecule has 0 saturated heterocycles. The van der Waals surface area contributed by atoms with E-state index in [4.69, 9.17) is 14.2 Å². The van der Waals surface area contributed by atoms with E-state index in [1.165, 1.54) is 70.6 Å². The molecule has 6 heteroatoms. The zero-order valence-electron chi connectivity index (χ0n) is 41.2. The second-order valence-corrected chi connectivity index (χ2v) is 16.2. The minimum Gasteiger partial charge on any atom is -0.462 e. The SMILES string of the molecule is CC\C=C/C=C\C=C/C=C\C=C\C=C/C=C\CCCCCC(=O)OCC(COC(=O)C/C=C\C/C=C\C/C=C\CC)OC(=O)CCCCCCCCCCCC/C=C\C=C/CCCCC. The zero-order chi connectivity index (χ0) is 47.2. The molecule has 0 aliphatic rings. The average molecular weight is 895 g/mol. The first-order chi connectivity index (χ1) is 32.0. The van der Waals surface area contributed by atoms with E-state index in [-0.39, 0.29) is 44.4 Å². The number of rotatable bonds is 43. The zero-order valence-corrected chi connectivity index (χ0v) is 41.2. The van der Waals surface area contributed by atoms with Crippen molar-refractivity contribution < 1.29 is 28.6 Å². The quantitative estimate of drug-likeness (QED) is 0.0199. The lowest BCUT2D eigenvalue weighted by molar-refractivity contribution is -0.166. The first kappa shape index (κ1) is 60.3. The first-order valence-electron chi connectivity index (χ1n) is 25.5. The van der Waals surface area contributed by atoms with Crippen LogP contribution in [0.1, 0.15) is 188 Å². The van der Waals surface area contributed by atoms with Gasteiger partial charge >= 0.3 is 17.9 Å². The molecular weight excluding hydrogens is 805 g/mol. The van der Waals surface area contributed by atoms with Crippen LogP contribution in [-0.4, -0.2) is 37.2 Å². The molecule has 0 bridgehead atoms. The summed E-state index contributed by atoms with van der Waals surface area (Å²) in [6, 6.07) is 0. The monoisotopic (exact) mass is 895 g/mol. The summed E-state index contributed by atoms with van der Waals surface area (Å²) in [7, 11) is 0. The fourth-order valence-electron chi connectivity index (χ4n) is 6.30. The number of unbranched alkanes of at least 4 members (excludes halogenated alkanes) is 16. The van der Waals surface area contributed by atoms with Gasteiger partial charge in [0, 0.05) is 12.8 Å². The molecule has 6 nitrogen and oxygen atoms in total. The standard InChI is InChI=1S/C59H90O6/c1-4-7-10-13-16-19-21-23-25-27-29-31-33-35-37-40-43-46-49-52-58(61)64-55-56(54-63-57(60)51-48-45-42-39-18-15-12-9-6-3)65-59(62)53-50-47-44-41-38-36-34-32-30-28-26-24-22-20-17-14-11-8-5-2/h7,9-10,12-13,16-25,27,29,31,33,35,37,39,45,48,56H,4-6,8,11,14-15,26,28,30,32,34,36,38,40-44,46-47,49-55H2,1-3H3/b10-7-,12-9-,16-13-,20-17-,21-19-,24-22-,25-23-,29-27+,33-31-,37-35-,39-18-,48-45-. The van der Waals surface area contributed by atoms with Crippen molar-refractivity contribution in [2.45, 2.75) is 194 Å². The molecule has 0 N–H and O–H groups in total. The van der Waals surface area contributed by atoms with Crippen molar-refractivity contribution in [1.82, 2.24) is 0 Å². The van der Waals surface area contributed by atoms with E-state index in [1.807, 2.05) is 79.0 Å². The van der Waals surface area contributed by atoms with Crippen LogP contribution in [0.5, 0.6) is 0 Å². The van der Waals surface area contributed by atoms with Gasteiger partial charge in [-0.05, 0) is 77.0 Å². The van der Waals surface area contributed by atoms with Crippen molar-refractivity contribution in [3.63, 3.8) is 0 Å². The lowest BCUT2D eigenvalue weighted by Crippen LogP contribution is -2.30. The van der Waals surface area contributed by atoms with Crippen molar-refractivity contribution in [3.05, 3.63) is 146 Å². The smallest absolute Gasteiger partial charge is 0.309 e. The van der Waals surface area contributed by atoms with Crippen LogP contribution in [0.15, 0.2) is 146 Å². The minimum atomic E-state index is -0.840. The summed E-state index contributed by atoms with van der Waals surface area (Å²) in [4.78, 5) is 37.8. The molecule has 1 unspecified atom stereocenters. The van der Waals surface area contributed by atoms with Crippen molar-refractivity contribution in [1.29, 1.82) is 0 Å². The van der Waals surface area contributed by atoms with Crippen LogP contribution >= 0.6 is 0 Å². The van der Waals surface area contributed by atoms with Crippen LogP contribution in [0.2, 0.25) is 0 Å². The molecule has 0 aliphatic carbocycles. The second-order valence-electron chi connectivity index (χ2n) is 16.2. The lowest BCUT2D eigenvalue weighted by atomic mass is 10.1. The number of hydrogen-bond acceptors (Lipinski definition) is 6. The summed E-state index contributed by atoms with van der Waals surface area (Å²) in [5.41, 5.74) is 0. The normalized spacial score (nSPS) is 13.3. The van der Waals surface area contributed by atoms with Crippen LogP contribution in [0.3, 0.4) is 0 Å². The van der Waals surface area contributed by atoms with Gasteiger partial charge in [-0.15, -0.1) is 0 Å². The topological polar surface area (TPSA) is 78.9 Å². The van der Waals surface area contributed by atoms with Gasteiger partial charge in [-0.3, -0.25) is 14.4 Å². The van der Waals surface area contributed by atoms with Crippen LogP contribution in [0, 0.1) is 0 Å². The molecule has 0 saturated carbocycles. The molecule has 0 aliphatic heterocycles. The maximum Gasteiger partial charge on any atom is 0.309 e. The Labute approximate surface area is 397 Å². The molecule has 65 heavy (non-hydrogen) atoms. The van der Waals surface area contributed by atoms with Gasteiger partial charge in [0.05, 0.1) is 6.42 Å². The highest BCUT2D eigenvalue weighted by atomic mass is 16.6. The van der Waals surface area contributed by atoms with Crippen molar-refractivity contribution in [3.8, 4) is 0 Å². The van der Waals surface area contributed by atoms with Crippen LogP contribution in [0.25, 0.3) is 0 Å². The van der Waals surface area contributed by atoms with Gasteiger partial charge < -0.3 is 14.2 Å². The predicted octanol–water partition coefficient (Wildman–Crippen LogP) is 16.9. The Morgan fingerprint density at radius 3 is 1.23 bits per heavy atom. The van der Waals surface area contributed by atoms with Crippen LogP contribution in [0.4, 0.5) is 0 Å². The van der Waals surface area contributed by atoms with E-state index in [2.05, 4.69) is 81.5 Å². The number of ether oxygens (including phenoxy) is 3. The highest BCUT2D eigenvalue weighted by Gasteiger charge is 2.19. The fourth-order valence-corrected chi connectivity index (χ4v) is 6.30. The Bertz CT molecular complexity index is 1490. The van der Waals surface area contributed by atoms with Gasteiger partial charge in [-0.1, -0.05) is 237 Å². The third-order valence-corrected chi connectivity index (χ3v) is 10.1. The van der Waals surface area contributed by atoms with E-state index in [0.29, 0.717) is 6.42 Å². The van der Waals surface area contributed by atoms with Crippen LogP contribution < -0.4 is 0 Å². The van der Waals surface area contributed by atoms with E-state index in [1.54, 1.807) is 6.08 Å². The Morgan fingerprint density at radius 1 is 0.354 bits per heavy atom. The lowest BCUT2D eigenvalue weighted by Gasteiger charge is -2.18. The van der Waals surface area contributed by atoms with Crippen molar-refractivity contribution >= 4 is 17.9 Å². The van der Waals surface area contributed by atoms with E-state index >= 15 is 0 Å². The molecule has 0 radical (unpaired) electrons. The second kappa shape index (κ2) is 51.9. The van der Waals surface area contributed by atoms with Gasteiger partial charge in [0.25, 0.3) is 0 Å². The van der Waals surface area contributed by atoms with Gasteiger partial charge in [-0.2, -0.15) is 0 Å². The van der Waals surface area contributed by atoms with Gasteiger partial charge in [0.15, 0.2) is 6.10 Å². The molecule has 0 heterocycles. The number of carbonyl (C=O) groups excluding carboxylic acids is 3. The van der Waals surface area contributed by atoms with Crippen molar-refractivity contribution in [2.75, 3.05) is 13.2 Å². The summed E-state index contributed by atoms with van der Waals surface area (Å²) in [6.45, 7) is 6.18. The largest absolute Gasteiger partial charge is 0.462 e. The molecule has 0 spiro atoms. The molecule has 0 fully saturated rings. The Hall–Kier alpha value is -4.71.